The van der Waals surface area contributed by atoms with E-state index >= 15 is 0 Å². The summed E-state index contributed by atoms with van der Waals surface area (Å²) in [5, 5.41) is 3.01. The van der Waals surface area contributed by atoms with Gasteiger partial charge in [-0.1, -0.05) is 6.92 Å². The molecule has 18 heavy (non-hydrogen) atoms. The Kier molecular flexibility index (Phi) is 3.66. The van der Waals surface area contributed by atoms with Crippen molar-refractivity contribution >= 4 is 5.91 Å². The number of carbonyl (C=O) groups excluding carboxylic acids is 1. The number of nitrogens with one attached hydrogen (secondary N) is 1. The van der Waals surface area contributed by atoms with Crippen molar-refractivity contribution < 1.29 is 4.79 Å². The number of rotatable bonds is 4. The molecule has 0 saturated heterocycles. The monoisotopic (exact) mass is 247 g/mol. The molecule has 0 aromatic carbocycles. The fourth-order valence-electron chi connectivity index (χ4n) is 2.78. The Balaban J connectivity index is 1.95. The standard InChI is InChI=1S/C14H21N3O/c1-10-5-14(6-10,9-15)13(18)17-8-12-3-4-16-7-11(12)2/h3-4,7,10H,5-6,8-9,15H2,1-2H3,(H,17,18). The van der Waals surface area contributed by atoms with Crippen LogP contribution in [0.4, 0.5) is 0 Å². The molecule has 1 saturated carbocycles. The van der Waals surface area contributed by atoms with Gasteiger partial charge in [0.2, 0.25) is 5.91 Å². The van der Waals surface area contributed by atoms with Gasteiger partial charge in [0.05, 0.1) is 5.41 Å². The second kappa shape index (κ2) is 5.06. The summed E-state index contributed by atoms with van der Waals surface area (Å²) in [5.41, 5.74) is 7.65. The number of nitrogens with zero attached hydrogens (tertiary/aromatic N) is 1. The van der Waals surface area contributed by atoms with Gasteiger partial charge in [-0.25, -0.2) is 0 Å². The van der Waals surface area contributed by atoms with Crippen LogP contribution >= 0.6 is 0 Å². The molecular formula is C14H21N3O. The number of amides is 1. The van der Waals surface area contributed by atoms with E-state index in [0.717, 1.165) is 24.0 Å². The van der Waals surface area contributed by atoms with Gasteiger partial charge in [0, 0.05) is 25.5 Å². The molecule has 2 rings (SSSR count). The molecule has 1 aromatic heterocycles. The van der Waals surface area contributed by atoms with Crippen molar-refractivity contribution in [3.63, 3.8) is 0 Å². The van der Waals surface area contributed by atoms with Gasteiger partial charge in [0.15, 0.2) is 0 Å². The second-order valence-electron chi connectivity index (χ2n) is 5.48. The zero-order valence-electron chi connectivity index (χ0n) is 11.1. The van der Waals surface area contributed by atoms with Crippen LogP contribution in [0.25, 0.3) is 0 Å². The summed E-state index contributed by atoms with van der Waals surface area (Å²) in [6.07, 6.45) is 5.37. The lowest BCUT2D eigenvalue weighted by Gasteiger charge is -2.44. The molecule has 1 heterocycles. The van der Waals surface area contributed by atoms with Crippen LogP contribution in [0.5, 0.6) is 0 Å². The molecule has 1 fully saturated rings. The van der Waals surface area contributed by atoms with Gasteiger partial charge in [-0.05, 0) is 42.9 Å². The van der Waals surface area contributed by atoms with Crippen molar-refractivity contribution in [3.05, 3.63) is 29.6 Å². The normalized spacial score (nSPS) is 26.5. The highest BCUT2D eigenvalue weighted by molar-refractivity contribution is 5.83. The van der Waals surface area contributed by atoms with Crippen LogP contribution in [-0.4, -0.2) is 17.4 Å². The molecule has 1 amide bonds. The average molecular weight is 247 g/mol. The summed E-state index contributed by atoms with van der Waals surface area (Å²) < 4.78 is 0. The minimum Gasteiger partial charge on any atom is -0.351 e. The Labute approximate surface area is 108 Å². The van der Waals surface area contributed by atoms with Crippen molar-refractivity contribution in [1.29, 1.82) is 0 Å². The highest BCUT2D eigenvalue weighted by Crippen LogP contribution is 2.44. The summed E-state index contributed by atoms with van der Waals surface area (Å²) in [4.78, 5) is 16.2. The van der Waals surface area contributed by atoms with E-state index in [-0.39, 0.29) is 11.3 Å². The van der Waals surface area contributed by atoms with Gasteiger partial charge in [-0.15, -0.1) is 0 Å². The quantitative estimate of drug-likeness (QED) is 0.844. The maximum atomic E-state index is 12.2. The van der Waals surface area contributed by atoms with E-state index in [0.29, 0.717) is 19.0 Å². The van der Waals surface area contributed by atoms with Crippen LogP contribution in [0.1, 0.15) is 30.9 Å². The number of aromatic nitrogens is 1. The molecule has 98 valence electrons. The van der Waals surface area contributed by atoms with E-state index in [4.69, 9.17) is 5.73 Å². The van der Waals surface area contributed by atoms with Gasteiger partial charge in [-0.2, -0.15) is 0 Å². The molecule has 3 N–H and O–H groups in total. The summed E-state index contributed by atoms with van der Waals surface area (Å²) in [5.74, 6) is 0.710. The van der Waals surface area contributed by atoms with Gasteiger partial charge >= 0.3 is 0 Å². The van der Waals surface area contributed by atoms with E-state index in [1.807, 2.05) is 19.2 Å². The van der Waals surface area contributed by atoms with Crippen LogP contribution in [0.3, 0.4) is 0 Å². The van der Waals surface area contributed by atoms with E-state index in [1.165, 1.54) is 0 Å². The Morgan fingerprint density at radius 2 is 2.33 bits per heavy atom. The number of carbonyl (C=O) groups is 1. The molecule has 1 aliphatic carbocycles. The lowest BCUT2D eigenvalue weighted by Crippen LogP contribution is -2.53. The lowest BCUT2D eigenvalue weighted by atomic mass is 9.62. The summed E-state index contributed by atoms with van der Waals surface area (Å²) in [7, 11) is 0. The Morgan fingerprint density at radius 1 is 1.61 bits per heavy atom. The number of hydrogen-bond acceptors (Lipinski definition) is 3. The molecular weight excluding hydrogens is 226 g/mol. The maximum Gasteiger partial charge on any atom is 0.227 e. The van der Waals surface area contributed by atoms with Crippen LogP contribution in [0.2, 0.25) is 0 Å². The highest BCUT2D eigenvalue weighted by Gasteiger charge is 2.46. The molecule has 1 aliphatic rings. The first-order valence-corrected chi connectivity index (χ1v) is 6.45. The third-order valence-corrected chi connectivity index (χ3v) is 3.93. The van der Waals surface area contributed by atoms with Crippen LogP contribution in [-0.2, 0) is 11.3 Å². The second-order valence-corrected chi connectivity index (χ2v) is 5.48. The Hall–Kier alpha value is -1.42. The largest absolute Gasteiger partial charge is 0.351 e. The smallest absolute Gasteiger partial charge is 0.227 e. The van der Waals surface area contributed by atoms with Gasteiger partial charge < -0.3 is 11.1 Å². The molecule has 0 aliphatic heterocycles. The van der Waals surface area contributed by atoms with Gasteiger partial charge in [0.1, 0.15) is 0 Å². The zero-order chi connectivity index (χ0) is 13.2. The zero-order valence-corrected chi connectivity index (χ0v) is 11.1. The van der Waals surface area contributed by atoms with Crippen molar-refractivity contribution in [2.24, 2.45) is 17.1 Å². The van der Waals surface area contributed by atoms with Crippen molar-refractivity contribution in [2.75, 3.05) is 6.54 Å². The van der Waals surface area contributed by atoms with E-state index in [1.54, 1.807) is 6.20 Å². The Bertz CT molecular complexity index is 438. The first-order chi connectivity index (χ1) is 8.57. The molecule has 0 unspecified atom stereocenters. The molecule has 0 bridgehead atoms. The Morgan fingerprint density at radius 3 is 2.89 bits per heavy atom. The summed E-state index contributed by atoms with van der Waals surface area (Å²) >= 11 is 0. The van der Waals surface area contributed by atoms with Crippen LogP contribution in [0.15, 0.2) is 18.5 Å². The predicted octanol–water partition coefficient (Wildman–Crippen LogP) is 1.38. The molecule has 4 heteroatoms. The molecule has 1 aromatic rings. The number of pyridine rings is 1. The molecule has 4 nitrogen and oxygen atoms in total. The minimum atomic E-state index is -0.319. The minimum absolute atomic E-state index is 0.0966. The van der Waals surface area contributed by atoms with E-state index in [2.05, 4.69) is 17.2 Å². The summed E-state index contributed by atoms with van der Waals surface area (Å²) in [6, 6.07) is 1.94. The fraction of sp³-hybridized carbons (Fsp3) is 0.571. The highest BCUT2D eigenvalue weighted by atomic mass is 16.2. The van der Waals surface area contributed by atoms with Gasteiger partial charge in [-0.3, -0.25) is 9.78 Å². The molecule has 0 radical (unpaired) electrons. The molecule has 0 atom stereocenters. The van der Waals surface area contributed by atoms with Crippen LogP contribution in [0, 0.1) is 18.3 Å². The predicted molar refractivity (Wildman–Crippen MR) is 70.7 cm³/mol. The first kappa shape index (κ1) is 13.0. The number of hydrogen-bond donors (Lipinski definition) is 2. The third-order valence-electron chi connectivity index (χ3n) is 3.93. The first-order valence-electron chi connectivity index (χ1n) is 6.45. The molecule has 0 spiro atoms. The van der Waals surface area contributed by atoms with Gasteiger partial charge in [0.25, 0.3) is 0 Å². The average Bonchev–Trinajstić information content (AvgIpc) is 2.33. The fourth-order valence-corrected chi connectivity index (χ4v) is 2.78. The lowest BCUT2D eigenvalue weighted by molar-refractivity contribution is -0.138. The maximum absolute atomic E-state index is 12.2. The summed E-state index contributed by atoms with van der Waals surface area (Å²) in [6.45, 7) is 5.16. The topological polar surface area (TPSA) is 68.0 Å². The number of nitrogens with two attached hydrogens (primary N) is 1. The van der Waals surface area contributed by atoms with Crippen molar-refractivity contribution in [2.45, 2.75) is 33.2 Å². The third kappa shape index (κ3) is 2.38. The number of aryl methyl sites for hydroxylation is 1. The van der Waals surface area contributed by atoms with E-state index in [9.17, 15) is 4.79 Å². The van der Waals surface area contributed by atoms with Crippen LogP contribution < -0.4 is 11.1 Å². The van der Waals surface area contributed by atoms with Crippen molar-refractivity contribution in [1.82, 2.24) is 10.3 Å². The SMILES string of the molecule is Cc1cnccc1CNC(=O)C1(CN)CC(C)C1. The van der Waals surface area contributed by atoms with Crippen molar-refractivity contribution in [3.8, 4) is 0 Å². The van der Waals surface area contributed by atoms with E-state index < -0.39 is 0 Å².